The van der Waals surface area contributed by atoms with Crippen molar-refractivity contribution < 1.29 is 9.90 Å². The first-order valence-corrected chi connectivity index (χ1v) is 6.63. The highest BCUT2D eigenvalue weighted by atomic mass is 16.3. The molecule has 2 rings (SSSR count). The molecule has 0 aromatic heterocycles. The van der Waals surface area contributed by atoms with E-state index in [0.29, 0.717) is 6.42 Å². The zero-order chi connectivity index (χ0) is 13.2. The number of para-hydroxylation sites is 1. The molecule has 98 valence electrons. The molecule has 1 N–H and O–H groups in total. The van der Waals surface area contributed by atoms with Gasteiger partial charge in [0.2, 0.25) is 0 Å². The smallest absolute Gasteiger partial charge is 0.164 e. The van der Waals surface area contributed by atoms with Crippen LogP contribution < -0.4 is 4.90 Å². The second-order valence-electron chi connectivity index (χ2n) is 5.28. The van der Waals surface area contributed by atoms with E-state index in [1.807, 2.05) is 38.1 Å². The Labute approximate surface area is 108 Å². The summed E-state index contributed by atoms with van der Waals surface area (Å²) in [5.41, 5.74) is 1.27. The summed E-state index contributed by atoms with van der Waals surface area (Å²) >= 11 is 0. The predicted octanol–water partition coefficient (Wildman–Crippen LogP) is 2.63. The lowest BCUT2D eigenvalue weighted by molar-refractivity contribution is 0.0351. The Bertz CT molecular complexity index is 430. The topological polar surface area (TPSA) is 40.5 Å². The first-order chi connectivity index (χ1) is 8.53. The van der Waals surface area contributed by atoms with Crippen LogP contribution in [0.25, 0.3) is 0 Å². The summed E-state index contributed by atoms with van der Waals surface area (Å²) in [7, 11) is 0. The van der Waals surface area contributed by atoms with Crippen LogP contribution in [0.3, 0.4) is 0 Å². The average molecular weight is 247 g/mol. The normalized spacial score (nSPS) is 18.7. The van der Waals surface area contributed by atoms with Crippen LogP contribution in [0, 0.1) is 0 Å². The number of anilines is 1. The lowest BCUT2D eigenvalue weighted by atomic mass is 9.93. The van der Waals surface area contributed by atoms with Crippen molar-refractivity contribution >= 4 is 11.5 Å². The lowest BCUT2D eigenvalue weighted by Crippen LogP contribution is -2.42. The second kappa shape index (κ2) is 5.11. The molecule has 0 aliphatic carbocycles. The molecule has 1 aliphatic heterocycles. The van der Waals surface area contributed by atoms with E-state index in [1.54, 1.807) is 0 Å². The first kappa shape index (κ1) is 13.1. The summed E-state index contributed by atoms with van der Waals surface area (Å²) in [6.45, 7) is 5.38. The van der Waals surface area contributed by atoms with E-state index in [-0.39, 0.29) is 5.78 Å². The quantitative estimate of drug-likeness (QED) is 0.835. The van der Waals surface area contributed by atoms with Crippen molar-refractivity contribution in [2.45, 2.75) is 38.7 Å². The molecule has 18 heavy (non-hydrogen) atoms. The summed E-state index contributed by atoms with van der Waals surface area (Å²) in [5.74, 6) is 0.183. The third kappa shape index (κ3) is 2.72. The van der Waals surface area contributed by atoms with E-state index in [4.69, 9.17) is 0 Å². The number of aliphatic hydroxyl groups is 1. The van der Waals surface area contributed by atoms with Gasteiger partial charge in [0.05, 0.1) is 5.60 Å². The lowest BCUT2D eigenvalue weighted by Gasteiger charge is -2.37. The Kier molecular flexibility index (Phi) is 3.71. The molecule has 0 spiro atoms. The molecule has 3 nitrogen and oxygen atoms in total. The number of carbonyl (C=O) groups is 1. The maximum Gasteiger partial charge on any atom is 0.164 e. The van der Waals surface area contributed by atoms with Crippen LogP contribution in [0.2, 0.25) is 0 Å². The Balaban J connectivity index is 2.21. The molecule has 3 heteroatoms. The van der Waals surface area contributed by atoms with Crippen LogP contribution >= 0.6 is 0 Å². The number of hydrogen-bond donors (Lipinski definition) is 1. The van der Waals surface area contributed by atoms with Gasteiger partial charge in [0.15, 0.2) is 5.78 Å². The maximum atomic E-state index is 11.9. The Morgan fingerprint density at radius 3 is 2.56 bits per heavy atom. The van der Waals surface area contributed by atoms with Crippen molar-refractivity contribution in [3.63, 3.8) is 0 Å². The number of ketones is 1. The SMILES string of the molecule is CCC(=O)c1ccccc1N1CCC(C)(O)CC1. The van der Waals surface area contributed by atoms with Gasteiger partial charge in [-0.1, -0.05) is 19.1 Å². The molecule has 0 radical (unpaired) electrons. The zero-order valence-corrected chi connectivity index (χ0v) is 11.1. The number of piperidine rings is 1. The molecule has 1 heterocycles. The molecule has 1 aromatic rings. The van der Waals surface area contributed by atoms with Gasteiger partial charge in [-0.15, -0.1) is 0 Å². The van der Waals surface area contributed by atoms with Gasteiger partial charge in [-0.2, -0.15) is 0 Å². The van der Waals surface area contributed by atoms with Gasteiger partial charge in [-0.05, 0) is 31.9 Å². The Morgan fingerprint density at radius 2 is 1.94 bits per heavy atom. The van der Waals surface area contributed by atoms with Crippen LogP contribution in [-0.4, -0.2) is 29.6 Å². The van der Waals surface area contributed by atoms with Gasteiger partial charge in [0.1, 0.15) is 0 Å². The van der Waals surface area contributed by atoms with Crippen molar-refractivity contribution in [3.05, 3.63) is 29.8 Å². The number of benzene rings is 1. The molecule has 0 unspecified atom stereocenters. The highest BCUT2D eigenvalue weighted by Crippen LogP contribution is 2.28. The second-order valence-corrected chi connectivity index (χ2v) is 5.28. The minimum absolute atomic E-state index is 0.183. The van der Waals surface area contributed by atoms with Crippen molar-refractivity contribution in [1.82, 2.24) is 0 Å². The van der Waals surface area contributed by atoms with Crippen molar-refractivity contribution in [1.29, 1.82) is 0 Å². The van der Waals surface area contributed by atoms with Crippen molar-refractivity contribution in [2.75, 3.05) is 18.0 Å². The number of carbonyl (C=O) groups excluding carboxylic acids is 1. The minimum atomic E-state index is -0.555. The molecule has 1 fully saturated rings. The summed E-state index contributed by atoms with van der Waals surface area (Å²) in [4.78, 5) is 14.1. The van der Waals surface area contributed by atoms with E-state index < -0.39 is 5.60 Å². The van der Waals surface area contributed by atoms with Crippen molar-refractivity contribution in [3.8, 4) is 0 Å². The highest BCUT2D eigenvalue weighted by Gasteiger charge is 2.28. The summed E-state index contributed by atoms with van der Waals surface area (Å²) in [5, 5.41) is 9.97. The van der Waals surface area contributed by atoms with Gasteiger partial charge in [-0.3, -0.25) is 4.79 Å². The fraction of sp³-hybridized carbons (Fsp3) is 0.533. The molecule has 0 bridgehead atoms. The molecule has 0 amide bonds. The number of hydrogen-bond acceptors (Lipinski definition) is 3. The maximum absolute atomic E-state index is 11.9. The highest BCUT2D eigenvalue weighted by molar-refractivity contribution is 6.01. The predicted molar refractivity (Wildman–Crippen MR) is 73.1 cm³/mol. The standard InChI is InChI=1S/C15H21NO2/c1-3-14(17)12-6-4-5-7-13(12)16-10-8-15(2,18)9-11-16/h4-7,18H,3,8-11H2,1-2H3. The summed E-state index contributed by atoms with van der Waals surface area (Å²) in [6.07, 6.45) is 2.03. The molecular weight excluding hydrogens is 226 g/mol. The first-order valence-electron chi connectivity index (χ1n) is 6.63. The van der Waals surface area contributed by atoms with E-state index in [2.05, 4.69) is 4.90 Å². The summed E-state index contributed by atoms with van der Waals surface area (Å²) < 4.78 is 0. The number of Topliss-reactive ketones (excluding diaryl/α,β-unsaturated/α-hetero) is 1. The number of nitrogens with zero attached hydrogens (tertiary/aromatic N) is 1. The minimum Gasteiger partial charge on any atom is -0.390 e. The Morgan fingerprint density at radius 1 is 1.33 bits per heavy atom. The fourth-order valence-electron chi connectivity index (χ4n) is 2.40. The zero-order valence-electron chi connectivity index (χ0n) is 11.1. The molecular formula is C15H21NO2. The largest absolute Gasteiger partial charge is 0.390 e. The van der Waals surface area contributed by atoms with E-state index in [9.17, 15) is 9.90 Å². The molecule has 1 aliphatic rings. The molecule has 0 atom stereocenters. The third-order valence-corrected chi connectivity index (χ3v) is 3.71. The fourth-order valence-corrected chi connectivity index (χ4v) is 2.40. The Hall–Kier alpha value is -1.35. The molecule has 1 saturated heterocycles. The van der Waals surface area contributed by atoms with E-state index in [0.717, 1.165) is 37.2 Å². The van der Waals surface area contributed by atoms with Gasteiger partial charge >= 0.3 is 0 Å². The van der Waals surface area contributed by atoms with Gasteiger partial charge in [-0.25, -0.2) is 0 Å². The van der Waals surface area contributed by atoms with Crippen LogP contribution in [0.1, 0.15) is 43.5 Å². The summed E-state index contributed by atoms with van der Waals surface area (Å²) in [6, 6.07) is 7.78. The van der Waals surface area contributed by atoms with E-state index >= 15 is 0 Å². The average Bonchev–Trinajstić information content (AvgIpc) is 2.38. The van der Waals surface area contributed by atoms with E-state index in [1.165, 1.54) is 0 Å². The monoisotopic (exact) mass is 247 g/mol. The van der Waals surface area contributed by atoms with Crippen molar-refractivity contribution in [2.24, 2.45) is 0 Å². The van der Waals surface area contributed by atoms with Gasteiger partial charge < -0.3 is 10.0 Å². The molecule has 1 aromatic carbocycles. The van der Waals surface area contributed by atoms with Gasteiger partial charge in [0, 0.05) is 30.8 Å². The molecule has 0 saturated carbocycles. The van der Waals surface area contributed by atoms with Crippen LogP contribution in [0.15, 0.2) is 24.3 Å². The van der Waals surface area contributed by atoms with Crippen LogP contribution in [0.4, 0.5) is 5.69 Å². The number of rotatable bonds is 3. The van der Waals surface area contributed by atoms with Crippen LogP contribution in [0.5, 0.6) is 0 Å². The van der Waals surface area contributed by atoms with Crippen LogP contribution in [-0.2, 0) is 0 Å². The van der Waals surface area contributed by atoms with Gasteiger partial charge in [0.25, 0.3) is 0 Å². The third-order valence-electron chi connectivity index (χ3n) is 3.71.